The van der Waals surface area contributed by atoms with E-state index in [4.69, 9.17) is 5.53 Å². The lowest BCUT2D eigenvalue weighted by atomic mass is 9.93. The molecule has 1 N–H and O–H groups in total. The summed E-state index contributed by atoms with van der Waals surface area (Å²) in [5, 5.41) is 6.22. The number of carbonyl (C=O) groups is 1. The summed E-state index contributed by atoms with van der Waals surface area (Å²) >= 11 is 0. The van der Waals surface area contributed by atoms with E-state index in [0.717, 1.165) is 12.8 Å². The third-order valence-corrected chi connectivity index (χ3v) is 2.74. The highest BCUT2D eigenvalue weighted by atomic mass is 16.2. The molecule has 0 aliphatic carbocycles. The number of nitrogens with zero attached hydrogens (tertiary/aromatic N) is 3. The predicted molar refractivity (Wildman–Crippen MR) is 59.6 cm³/mol. The van der Waals surface area contributed by atoms with Gasteiger partial charge < -0.3 is 5.32 Å². The molecule has 5 heteroatoms. The third kappa shape index (κ3) is 2.15. The minimum absolute atomic E-state index is 0.0105. The first-order chi connectivity index (χ1) is 7.81. The van der Waals surface area contributed by atoms with Crippen LogP contribution in [0.25, 0.3) is 10.4 Å². The Labute approximate surface area is 93.1 Å². The lowest BCUT2D eigenvalue weighted by molar-refractivity contribution is -0.130. The minimum Gasteiger partial charge on any atom is -0.352 e. The highest BCUT2D eigenvalue weighted by Gasteiger charge is 2.37. The molecule has 1 aromatic carbocycles. The molecule has 1 heterocycles. The molecule has 0 bridgehead atoms. The molecular weight excluding hydrogens is 204 g/mol. The van der Waals surface area contributed by atoms with E-state index >= 15 is 0 Å². The van der Waals surface area contributed by atoms with E-state index in [2.05, 4.69) is 15.3 Å². The van der Waals surface area contributed by atoms with Gasteiger partial charge in [-0.25, -0.2) is 0 Å². The highest BCUT2D eigenvalue weighted by molar-refractivity contribution is 5.89. The topological polar surface area (TPSA) is 77.9 Å². The van der Waals surface area contributed by atoms with E-state index < -0.39 is 6.04 Å². The van der Waals surface area contributed by atoms with E-state index in [1.54, 1.807) is 0 Å². The number of nitrogens with one attached hydrogen (secondary N) is 1. The second-order valence-electron chi connectivity index (χ2n) is 3.79. The van der Waals surface area contributed by atoms with Crippen LogP contribution in [-0.2, 0) is 11.2 Å². The zero-order chi connectivity index (χ0) is 11.4. The number of hydrogen-bond donors (Lipinski definition) is 1. The summed E-state index contributed by atoms with van der Waals surface area (Å²) in [5.74, 6) is -0.170. The van der Waals surface area contributed by atoms with Gasteiger partial charge in [0.25, 0.3) is 0 Å². The normalized spacial score (nSPS) is 22.9. The van der Waals surface area contributed by atoms with E-state index in [1.165, 1.54) is 5.56 Å². The van der Waals surface area contributed by atoms with E-state index in [9.17, 15) is 4.79 Å². The van der Waals surface area contributed by atoms with Gasteiger partial charge >= 0.3 is 0 Å². The Morgan fingerprint density at radius 3 is 2.75 bits per heavy atom. The van der Waals surface area contributed by atoms with Crippen molar-refractivity contribution in [3.05, 3.63) is 46.3 Å². The van der Waals surface area contributed by atoms with Crippen LogP contribution in [0.4, 0.5) is 0 Å². The minimum atomic E-state index is -0.520. The molecule has 1 fully saturated rings. The summed E-state index contributed by atoms with van der Waals surface area (Å²) in [6, 6.07) is 9.50. The first kappa shape index (κ1) is 10.5. The second kappa shape index (κ2) is 4.68. The van der Waals surface area contributed by atoms with Gasteiger partial charge in [-0.3, -0.25) is 4.79 Å². The van der Waals surface area contributed by atoms with Crippen LogP contribution < -0.4 is 5.32 Å². The van der Waals surface area contributed by atoms with Gasteiger partial charge in [-0.2, -0.15) is 0 Å². The molecule has 1 saturated heterocycles. The fourth-order valence-corrected chi connectivity index (χ4v) is 1.82. The highest BCUT2D eigenvalue weighted by Crippen LogP contribution is 2.16. The van der Waals surface area contributed by atoms with Gasteiger partial charge in [0, 0.05) is 11.0 Å². The van der Waals surface area contributed by atoms with Gasteiger partial charge in [0.2, 0.25) is 5.91 Å². The summed E-state index contributed by atoms with van der Waals surface area (Å²) in [4.78, 5) is 13.7. The Morgan fingerprint density at radius 1 is 1.38 bits per heavy atom. The molecule has 1 aliphatic heterocycles. The van der Waals surface area contributed by atoms with E-state index in [0.29, 0.717) is 0 Å². The van der Waals surface area contributed by atoms with Gasteiger partial charge in [0.15, 0.2) is 0 Å². The molecule has 0 radical (unpaired) electrons. The van der Waals surface area contributed by atoms with Crippen molar-refractivity contribution in [3.8, 4) is 0 Å². The molecule has 16 heavy (non-hydrogen) atoms. The lowest BCUT2D eigenvalue weighted by Gasteiger charge is -2.33. The van der Waals surface area contributed by atoms with Crippen LogP contribution in [0.2, 0.25) is 0 Å². The van der Waals surface area contributed by atoms with Crippen molar-refractivity contribution in [1.82, 2.24) is 5.32 Å². The van der Waals surface area contributed by atoms with Gasteiger partial charge in [-0.1, -0.05) is 35.4 Å². The first-order valence-corrected chi connectivity index (χ1v) is 5.20. The average molecular weight is 216 g/mol. The Bertz CT molecular complexity index is 423. The Morgan fingerprint density at radius 2 is 2.12 bits per heavy atom. The summed E-state index contributed by atoms with van der Waals surface area (Å²) in [6.07, 6.45) is 1.68. The SMILES string of the molecule is [N-]=[N+]=N[C@H]1C(=O)N[C@@H]1CCc1ccccc1. The number of carbonyl (C=O) groups excluding carboxylic acids is 1. The largest absolute Gasteiger partial charge is 0.352 e. The lowest BCUT2D eigenvalue weighted by Crippen LogP contribution is -2.61. The molecule has 5 nitrogen and oxygen atoms in total. The van der Waals surface area contributed by atoms with Crippen molar-refractivity contribution < 1.29 is 4.79 Å². The smallest absolute Gasteiger partial charge is 0.231 e. The fraction of sp³-hybridized carbons (Fsp3) is 0.364. The maximum absolute atomic E-state index is 11.1. The standard InChI is InChI=1S/C11H12N4O/c12-15-14-10-9(13-11(10)16)7-6-8-4-2-1-3-5-8/h1-5,9-10H,6-7H2,(H,13,16)/t9-,10-/m1/s1. The summed E-state index contributed by atoms with van der Waals surface area (Å²) in [6.45, 7) is 0. The molecule has 0 saturated carbocycles. The molecule has 2 rings (SSSR count). The van der Waals surface area contributed by atoms with Crippen molar-refractivity contribution >= 4 is 5.91 Å². The maximum atomic E-state index is 11.1. The van der Waals surface area contributed by atoms with Gasteiger partial charge in [-0.15, -0.1) is 0 Å². The van der Waals surface area contributed by atoms with Crippen molar-refractivity contribution in [2.24, 2.45) is 5.11 Å². The van der Waals surface area contributed by atoms with Gasteiger partial charge in [0.1, 0.15) is 6.04 Å². The Balaban J connectivity index is 1.88. The second-order valence-corrected chi connectivity index (χ2v) is 3.79. The number of β-lactam (4-membered cyclic amide) rings is 1. The van der Waals surface area contributed by atoms with E-state index in [-0.39, 0.29) is 11.9 Å². The molecule has 82 valence electrons. The zero-order valence-corrected chi connectivity index (χ0v) is 8.71. The van der Waals surface area contributed by atoms with Gasteiger partial charge in [-0.05, 0) is 23.9 Å². The number of azide groups is 1. The monoisotopic (exact) mass is 216 g/mol. The van der Waals surface area contributed by atoms with Crippen LogP contribution in [0.3, 0.4) is 0 Å². The van der Waals surface area contributed by atoms with Crippen LogP contribution in [0.5, 0.6) is 0 Å². The molecular formula is C11H12N4O. The number of benzene rings is 1. The number of amides is 1. The summed E-state index contributed by atoms with van der Waals surface area (Å²) in [7, 11) is 0. The molecule has 0 spiro atoms. The van der Waals surface area contributed by atoms with Crippen molar-refractivity contribution in [2.45, 2.75) is 24.9 Å². The van der Waals surface area contributed by atoms with Crippen LogP contribution >= 0.6 is 0 Å². The molecule has 2 atom stereocenters. The molecule has 1 amide bonds. The summed E-state index contributed by atoms with van der Waals surface area (Å²) in [5.41, 5.74) is 9.53. The number of aryl methyl sites for hydroxylation is 1. The Kier molecular flexibility index (Phi) is 3.08. The average Bonchev–Trinajstić information content (AvgIpc) is 2.32. The van der Waals surface area contributed by atoms with Crippen molar-refractivity contribution in [1.29, 1.82) is 0 Å². The number of rotatable bonds is 4. The van der Waals surface area contributed by atoms with Crippen LogP contribution in [0.1, 0.15) is 12.0 Å². The van der Waals surface area contributed by atoms with Gasteiger partial charge in [0.05, 0.1) is 0 Å². The van der Waals surface area contributed by atoms with Crippen LogP contribution in [0.15, 0.2) is 35.4 Å². The first-order valence-electron chi connectivity index (χ1n) is 5.20. The van der Waals surface area contributed by atoms with Crippen LogP contribution in [0, 0.1) is 0 Å². The van der Waals surface area contributed by atoms with Crippen molar-refractivity contribution in [2.75, 3.05) is 0 Å². The molecule has 0 unspecified atom stereocenters. The fourth-order valence-electron chi connectivity index (χ4n) is 1.82. The molecule has 1 aliphatic rings. The Hall–Kier alpha value is -2.00. The predicted octanol–water partition coefficient (Wildman–Crippen LogP) is 1.80. The third-order valence-electron chi connectivity index (χ3n) is 2.74. The van der Waals surface area contributed by atoms with Crippen molar-refractivity contribution in [3.63, 3.8) is 0 Å². The molecule has 0 aromatic heterocycles. The van der Waals surface area contributed by atoms with E-state index in [1.807, 2.05) is 30.3 Å². The zero-order valence-electron chi connectivity index (χ0n) is 8.71. The maximum Gasteiger partial charge on any atom is 0.231 e. The van der Waals surface area contributed by atoms with Crippen LogP contribution in [-0.4, -0.2) is 18.0 Å². The number of hydrogen-bond acceptors (Lipinski definition) is 2. The molecule has 1 aromatic rings. The summed E-state index contributed by atoms with van der Waals surface area (Å²) < 4.78 is 0. The quantitative estimate of drug-likeness (QED) is 0.354.